The molecule has 0 aliphatic rings. The molecule has 0 atom stereocenters. The van der Waals surface area contributed by atoms with Crippen molar-refractivity contribution in [2.75, 3.05) is 32.4 Å². The molecule has 0 bridgehead atoms. The van der Waals surface area contributed by atoms with Crippen LogP contribution in [0.1, 0.15) is 10.4 Å². The van der Waals surface area contributed by atoms with E-state index in [1.54, 1.807) is 12.1 Å². The van der Waals surface area contributed by atoms with Gasteiger partial charge >= 0.3 is 0 Å². The number of nitrogen functional groups attached to an aromatic ring is 1. The van der Waals surface area contributed by atoms with Crippen LogP contribution in [-0.4, -0.2) is 37.2 Å². The van der Waals surface area contributed by atoms with Gasteiger partial charge in [0.25, 0.3) is 5.91 Å². The van der Waals surface area contributed by atoms with E-state index in [0.717, 1.165) is 22.4 Å². The molecule has 0 radical (unpaired) electrons. The lowest BCUT2D eigenvalue weighted by atomic mass is 10.1. The lowest BCUT2D eigenvalue weighted by Crippen LogP contribution is -2.12. The van der Waals surface area contributed by atoms with Crippen molar-refractivity contribution in [1.82, 2.24) is 9.97 Å². The molecule has 4 N–H and O–H groups in total. The van der Waals surface area contributed by atoms with E-state index in [1.165, 1.54) is 21.3 Å². The van der Waals surface area contributed by atoms with Crippen LogP contribution in [0.3, 0.4) is 0 Å². The average Bonchev–Trinajstić information content (AvgIpc) is 3.21. The maximum atomic E-state index is 12.8. The number of fused-ring (bicyclic) bond motifs is 1. The summed E-state index contributed by atoms with van der Waals surface area (Å²) in [6, 6.07) is 16.1. The number of carbonyl (C=O) groups excluding carboxylic acids is 1. The fraction of sp³-hybridized carbons (Fsp3) is 0.130. The Kier molecular flexibility index (Phi) is 5.36. The largest absolute Gasteiger partial charge is 0.493 e. The van der Waals surface area contributed by atoms with Crippen molar-refractivity contribution >= 4 is 28.3 Å². The Hall–Kier alpha value is -4.20. The quantitative estimate of drug-likeness (QED) is 0.407. The fourth-order valence-corrected chi connectivity index (χ4v) is 3.29. The molecule has 3 aromatic carbocycles. The van der Waals surface area contributed by atoms with Gasteiger partial charge in [0.05, 0.1) is 32.4 Å². The van der Waals surface area contributed by atoms with E-state index in [2.05, 4.69) is 15.3 Å². The van der Waals surface area contributed by atoms with E-state index in [4.69, 9.17) is 19.9 Å². The zero-order chi connectivity index (χ0) is 22.0. The van der Waals surface area contributed by atoms with E-state index in [9.17, 15) is 4.79 Å². The summed E-state index contributed by atoms with van der Waals surface area (Å²) >= 11 is 0. The molecule has 4 rings (SSSR count). The molecule has 8 heteroatoms. The zero-order valence-electron chi connectivity index (χ0n) is 17.4. The van der Waals surface area contributed by atoms with Gasteiger partial charge in [-0.05, 0) is 54.6 Å². The molecular formula is C23H22N4O4. The second-order valence-corrected chi connectivity index (χ2v) is 6.81. The third-order valence-corrected chi connectivity index (χ3v) is 4.85. The topological polar surface area (TPSA) is 111 Å². The SMILES string of the molecule is COc1cc(C(=O)Nc2ccc(-c3nc4ccc(N)cc4[nH]3)cc2)cc(OC)c1OC. The third-order valence-electron chi connectivity index (χ3n) is 4.85. The summed E-state index contributed by atoms with van der Waals surface area (Å²) in [6.07, 6.45) is 0. The van der Waals surface area contributed by atoms with Crippen molar-refractivity contribution in [1.29, 1.82) is 0 Å². The molecule has 0 aliphatic heterocycles. The summed E-state index contributed by atoms with van der Waals surface area (Å²) in [5, 5.41) is 2.87. The Morgan fingerprint density at radius 1 is 0.935 bits per heavy atom. The number of nitrogens with zero attached hydrogens (tertiary/aromatic N) is 1. The number of nitrogens with two attached hydrogens (primary N) is 1. The van der Waals surface area contributed by atoms with Crippen molar-refractivity contribution in [3.63, 3.8) is 0 Å². The molecule has 8 nitrogen and oxygen atoms in total. The highest BCUT2D eigenvalue weighted by molar-refractivity contribution is 6.05. The van der Waals surface area contributed by atoms with Gasteiger partial charge in [-0.2, -0.15) is 0 Å². The summed E-state index contributed by atoms with van der Waals surface area (Å²) in [6.45, 7) is 0. The molecule has 0 fully saturated rings. The molecular weight excluding hydrogens is 396 g/mol. The summed E-state index contributed by atoms with van der Waals surface area (Å²) < 4.78 is 15.9. The van der Waals surface area contributed by atoms with Gasteiger partial charge in [-0.3, -0.25) is 4.79 Å². The van der Waals surface area contributed by atoms with Crippen molar-refractivity contribution < 1.29 is 19.0 Å². The van der Waals surface area contributed by atoms with Gasteiger partial charge in [0, 0.05) is 22.5 Å². The summed E-state index contributed by atoms with van der Waals surface area (Å²) in [5.74, 6) is 1.67. The number of hydrogen-bond donors (Lipinski definition) is 3. The summed E-state index contributed by atoms with van der Waals surface area (Å²) in [4.78, 5) is 20.6. The number of methoxy groups -OCH3 is 3. The third kappa shape index (κ3) is 3.95. The minimum absolute atomic E-state index is 0.300. The van der Waals surface area contributed by atoms with Crippen LogP contribution in [0.4, 0.5) is 11.4 Å². The maximum absolute atomic E-state index is 12.8. The number of aromatic nitrogens is 2. The Bertz CT molecular complexity index is 1220. The molecule has 0 saturated carbocycles. The first-order valence-corrected chi connectivity index (χ1v) is 9.49. The molecule has 31 heavy (non-hydrogen) atoms. The van der Waals surface area contributed by atoms with Crippen LogP contribution in [0.25, 0.3) is 22.4 Å². The number of H-pyrrole nitrogens is 1. The smallest absolute Gasteiger partial charge is 0.255 e. The Balaban J connectivity index is 1.55. The zero-order valence-corrected chi connectivity index (χ0v) is 17.4. The minimum Gasteiger partial charge on any atom is -0.493 e. The van der Waals surface area contributed by atoms with E-state index >= 15 is 0 Å². The van der Waals surface area contributed by atoms with Crippen LogP contribution in [0.15, 0.2) is 54.6 Å². The number of amides is 1. The van der Waals surface area contributed by atoms with Gasteiger partial charge in [-0.25, -0.2) is 4.98 Å². The van der Waals surface area contributed by atoms with Crippen LogP contribution in [-0.2, 0) is 0 Å². The van der Waals surface area contributed by atoms with E-state index < -0.39 is 0 Å². The first-order chi connectivity index (χ1) is 15.0. The van der Waals surface area contributed by atoms with Crippen LogP contribution in [0.5, 0.6) is 17.2 Å². The van der Waals surface area contributed by atoms with E-state index in [0.29, 0.717) is 34.2 Å². The highest BCUT2D eigenvalue weighted by atomic mass is 16.5. The number of hydrogen-bond acceptors (Lipinski definition) is 6. The number of benzene rings is 3. The molecule has 4 aromatic rings. The Morgan fingerprint density at radius 3 is 2.23 bits per heavy atom. The number of imidazole rings is 1. The molecule has 158 valence electrons. The standard InChI is InChI=1S/C23H22N4O4/c1-29-19-10-14(11-20(30-2)21(19)31-3)23(28)25-16-7-4-13(5-8-16)22-26-17-9-6-15(24)12-18(17)27-22/h4-12H,24H2,1-3H3,(H,25,28)(H,26,27). The second kappa shape index (κ2) is 8.27. The number of aromatic amines is 1. The van der Waals surface area contributed by atoms with Crippen molar-refractivity contribution in [3.05, 3.63) is 60.2 Å². The first-order valence-electron chi connectivity index (χ1n) is 9.49. The predicted octanol–water partition coefficient (Wildman–Crippen LogP) is 4.09. The lowest BCUT2D eigenvalue weighted by Gasteiger charge is -2.14. The normalized spacial score (nSPS) is 10.7. The number of rotatable bonds is 6. The first kappa shape index (κ1) is 20.1. The van der Waals surface area contributed by atoms with E-state index in [-0.39, 0.29) is 5.91 Å². The minimum atomic E-state index is -0.300. The molecule has 1 amide bonds. The Labute approximate surface area is 179 Å². The molecule has 0 saturated heterocycles. The van der Waals surface area contributed by atoms with Crippen molar-refractivity contribution in [3.8, 4) is 28.6 Å². The van der Waals surface area contributed by atoms with Gasteiger partial charge in [-0.15, -0.1) is 0 Å². The highest BCUT2D eigenvalue weighted by Crippen LogP contribution is 2.38. The van der Waals surface area contributed by atoms with Crippen LogP contribution >= 0.6 is 0 Å². The van der Waals surface area contributed by atoms with Gasteiger partial charge in [0.15, 0.2) is 11.5 Å². The number of carbonyl (C=O) groups is 1. The number of nitrogens with one attached hydrogen (secondary N) is 2. The van der Waals surface area contributed by atoms with Gasteiger partial charge in [-0.1, -0.05) is 0 Å². The van der Waals surface area contributed by atoms with Crippen LogP contribution in [0.2, 0.25) is 0 Å². The van der Waals surface area contributed by atoms with Crippen LogP contribution < -0.4 is 25.3 Å². The predicted molar refractivity (Wildman–Crippen MR) is 120 cm³/mol. The van der Waals surface area contributed by atoms with E-state index in [1.807, 2.05) is 42.5 Å². The van der Waals surface area contributed by atoms with Gasteiger partial charge < -0.3 is 30.2 Å². The number of anilines is 2. The number of ether oxygens (including phenoxy) is 3. The average molecular weight is 418 g/mol. The molecule has 0 spiro atoms. The maximum Gasteiger partial charge on any atom is 0.255 e. The molecule has 0 aliphatic carbocycles. The van der Waals surface area contributed by atoms with Crippen molar-refractivity contribution in [2.24, 2.45) is 0 Å². The van der Waals surface area contributed by atoms with Crippen molar-refractivity contribution in [2.45, 2.75) is 0 Å². The highest BCUT2D eigenvalue weighted by Gasteiger charge is 2.17. The van der Waals surface area contributed by atoms with Gasteiger partial charge in [0.2, 0.25) is 5.75 Å². The van der Waals surface area contributed by atoms with Gasteiger partial charge in [0.1, 0.15) is 5.82 Å². The summed E-state index contributed by atoms with van der Waals surface area (Å²) in [5.41, 5.74) is 10.1. The Morgan fingerprint density at radius 2 is 1.61 bits per heavy atom. The molecule has 1 heterocycles. The monoisotopic (exact) mass is 418 g/mol. The second-order valence-electron chi connectivity index (χ2n) is 6.81. The molecule has 1 aromatic heterocycles. The lowest BCUT2D eigenvalue weighted by molar-refractivity contribution is 0.102. The summed E-state index contributed by atoms with van der Waals surface area (Å²) in [7, 11) is 4.52. The van der Waals surface area contributed by atoms with Crippen LogP contribution in [0, 0.1) is 0 Å². The molecule has 0 unspecified atom stereocenters. The fourth-order valence-electron chi connectivity index (χ4n) is 3.29.